The third-order valence-corrected chi connectivity index (χ3v) is 2.01. The molecule has 1 heterocycles. The van der Waals surface area contributed by atoms with Crippen LogP contribution >= 0.6 is 0 Å². The largest absolute Gasteiger partial charge is 0.372 e. The van der Waals surface area contributed by atoms with Crippen LogP contribution in [-0.2, 0) is 0 Å². The first-order valence-corrected chi connectivity index (χ1v) is 5.45. The van der Waals surface area contributed by atoms with Gasteiger partial charge in [-0.2, -0.15) is 0 Å². The number of hydrogen-bond donors (Lipinski definition) is 0. The van der Waals surface area contributed by atoms with Gasteiger partial charge in [0.15, 0.2) is 0 Å². The monoisotopic (exact) mass is 194 g/mol. The van der Waals surface area contributed by atoms with Crippen LogP contribution in [0.4, 0.5) is 5.69 Å². The van der Waals surface area contributed by atoms with Crippen LogP contribution in [0.15, 0.2) is 18.3 Å². The maximum absolute atomic E-state index is 4.16. The molecule has 14 heavy (non-hydrogen) atoms. The van der Waals surface area contributed by atoms with Crippen LogP contribution in [0.5, 0.6) is 0 Å². The fourth-order valence-electron chi connectivity index (χ4n) is 1.32. The van der Waals surface area contributed by atoms with E-state index in [1.54, 1.807) is 0 Å². The van der Waals surface area contributed by atoms with Crippen molar-refractivity contribution in [2.75, 3.05) is 18.0 Å². The number of hydrogen-bond acceptors (Lipinski definition) is 2. The minimum atomic E-state index is 1.06. The second kappa shape index (κ2) is 7.36. The lowest BCUT2D eigenvalue weighted by molar-refractivity contribution is 0.863. The molecule has 0 aliphatic rings. The molecule has 0 saturated heterocycles. The number of rotatable bonds is 3. The minimum Gasteiger partial charge on any atom is -0.372 e. The van der Waals surface area contributed by atoms with E-state index in [0.717, 1.165) is 18.8 Å². The lowest BCUT2D eigenvalue weighted by atomic mass is 10.3. The van der Waals surface area contributed by atoms with Gasteiger partial charge in [-0.3, -0.25) is 4.98 Å². The average molecular weight is 194 g/mol. The van der Waals surface area contributed by atoms with Crippen LogP contribution in [-0.4, -0.2) is 18.1 Å². The van der Waals surface area contributed by atoms with Gasteiger partial charge >= 0.3 is 0 Å². The van der Waals surface area contributed by atoms with Crippen molar-refractivity contribution >= 4 is 5.69 Å². The first-order chi connectivity index (χ1) is 6.77. The van der Waals surface area contributed by atoms with E-state index in [-0.39, 0.29) is 0 Å². The smallest absolute Gasteiger partial charge is 0.0399 e. The second-order valence-corrected chi connectivity index (χ2v) is 2.83. The lowest BCUT2D eigenvalue weighted by Gasteiger charge is -2.20. The zero-order valence-corrected chi connectivity index (χ0v) is 10.0. The summed E-state index contributed by atoms with van der Waals surface area (Å²) < 4.78 is 0. The number of nitrogens with zero attached hydrogens (tertiary/aromatic N) is 2. The van der Waals surface area contributed by atoms with Gasteiger partial charge in [-0.25, -0.2) is 0 Å². The number of aryl methyl sites for hydroxylation is 1. The molecule has 0 aliphatic heterocycles. The highest BCUT2D eigenvalue weighted by Gasteiger charge is 2.00. The Balaban J connectivity index is 0.000000791. The highest BCUT2D eigenvalue weighted by Crippen LogP contribution is 2.12. The van der Waals surface area contributed by atoms with Gasteiger partial charge in [0.1, 0.15) is 0 Å². The molecular formula is C12H22N2. The molecule has 0 radical (unpaired) electrons. The summed E-state index contributed by atoms with van der Waals surface area (Å²) in [6, 6.07) is 4.17. The number of aromatic nitrogens is 1. The predicted molar refractivity (Wildman–Crippen MR) is 63.9 cm³/mol. The zero-order valence-electron chi connectivity index (χ0n) is 10.0. The maximum atomic E-state index is 4.16. The van der Waals surface area contributed by atoms with E-state index in [2.05, 4.69) is 35.9 Å². The van der Waals surface area contributed by atoms with Crippen LogP contribution in [0.2, 0.25) is 0 Å². The van der Waals surface area contributed by atoms with E-state index in [9.17, 15) is 0 Å². The van der Waals surface area contributed by atoms with Crippen molar-refractivity contribution in [3.05, 3.63) is 24.0 Å². The molecule has 0 spiro atoms. The van der Waals surface area contributed by atoms with Gasteiger partial charge in [-0.15, -0.1) is 0 Å². The van der Waals surface area contributed by atoms with Gasteiger partial charge in [-0.05, 0) is 32.9 Å². The molecule has 0 fully saturated rings. The lowest BCUT2D eigenvalue weighted by Crippen LogP contribution is -2.21. The molecular weight excluding hydrogens is 172 g/mol. The first-order valence-electron chi connectivity index (χ1n) is 5.45. The number of anilines is 1. The third kappa shape index (κ3) is 3.77. The Morgan fingerprint density at radius 2 is 1.79 bits per heavy atom. The molecule has 0 unspecified atom stereocenters. The Labute approximate surface area is 88.0 Å². The minimum absolute atomic E-state index is 1.06. The van der Waals surface area contributed by atoms with Crippen molar-refractivity contribution in [1.82, 2.24) is 4.98 Å². The standard InChI is InChI=1S/C10H16N2.C2H6/c1-4-12(5-2)10-6-7-11-9(3)8-10;1-2/h6-8H,4-5H2,1-3H3;1-2H3. The molecule has 0 atom stereocenters. The summed E-state index contributed by atoms with van der Waals surface area (Å²) in [4.78, 5) is 6.48. The molecule has 0 bridgehead atoms. The van der Waals surface area contributed by atoms with E-state index in [1.807, 2.05) is 27.0 Å². The number of pyridine rings is 1. The van der Waals surface area contributed by atoms with E-state index in [4.69, 9.17) is 0 Å². The molecule has 0 N–H and O–H groups in total. The van der Waals surface area contributed by atoms with Gasteiger partial charge in [0.25, 0.3) is 0 Å². The first kappa shape index (κ1) is 12.9. The second-order valence-electron chi connectivity index (χ2n) is 2.83. The summed E-state index contributed by atoms with van der Waals surface area (Å²) in [7, 11) is 0. The SMILES string of the molecule is CC.CCN(CC)c1ccnc(C)c1. The van der Waals surface area contributed by atoms with Crippen molar-refractivity contribution in [1.29, 1.82) is 0 Å². The van der Waals surface area contributed by atoms with Crippen LogP contribution < -0.4 is 4.90 Å². The van der Waals surface area contributed by atoms with Gasteiger partial charge < -0.3 is 4.90 Å². The van der Waals surface area contributed by atoms with E-state index in [1.165, 1.54) is 5.69 Å². The van der Waals surface area contributed by atoms with Crippen molar-refractivity contribution in [3.63, 3.8) is 0 Å². The van der Waals surface area contributed by atoms with Gasteiger partial charge in [-0.1, -0.05) is 13.8 Å². The summed E-state index contributed by atoms with van der Waals surface area (Å²) in [5.74, 6) is 0. The topological polar surface area (TPSA) is 16.1 Å². The van der Waals surface area contributed by atoms with E-state index in [0.29, 0.717) is 0 Å². The molecule has 0 saturated carbocycles. The van der Waals surface area contributed by atoms with Gasteiger partial charge in [0, 0.05) is 30.7 Å². The molecule has 1 aromatic heterocycles. The highest BCUT2D eigenvalue weighted by atomic mass is 15.1. The highest BCUT2D eigenvalue weighted by molar-refractivity contribution is 5.45. The van der Waals surface area contributed by atoms with Crippen molar-refractivity contribution in [2.24, 2.45) is 0 Å². The van der Waals surface area contributed by atoms with Crippen molar-refractivity contribution in [2.45, 2.75) is 34.6 Å². The summed E-state index contributed by atoms with van der Waals surface area (Å²) in [6.45, 7) is 12.5. The van der Waals surface area contributed by atoms with Gasteiger partial charge in [0.2, 0.25) is 0 Å². The van der Waals surface area contributed by atoms with Crippen molar-refractivity contribution in [3.8, 4) is 0 Å². The molecule has 0 amide bonds. The normalized spacial score (nSPS) is 8.93. The van der Waals surface area contributed by atoms with Crippen LogP contribution in [0.1, 0.15) is 33.4 Å². The fourth-order valence-corrected chi connectivity index (χ4v) is 1.32. The van der Waals surface area contributed by atoms with Crippen LogP contribution in [0, 0.1) is 6.92 Å². The Kier molecular flexibility index (Phi) is 6.81. The molecule has 1 aromatic rings. The van der Waals surface area contributed by atoms with E-state index < -0.39 is 0 Å². The summed E-state index contributed by atoms with van der Waals surface area (Å²) in [5.41, 5.74) is 2.35. The van der Waals surface area contributed by atoms with Crippen molar-refractivity contribution < 1.29 is 0 Å². The van der Waals surface area contributed by atoms with Crippen LogP contribution in [0.3, 0.4) is 0 Å². The zero-order chi connectivity index (χ0) is 11.0. The van der Waals surface area contributed by atoms with Gasteiger partial charge in [0.05, 0.1) is 0 Å². The Hall–Kier alpha value is -1.05. The quantitative estimate of drug-likeness (QED) is 0.734. The Morgan fingerprint density at radius 3 is 2.21 bits per heavy atom. The predicted octanol–water partition coefficient (Wildman–Crippen LogP) is 3.26. The summed E-state index contributed by atoms with van der Waals surface area (Å²) in [6.07, 6.45) is 1.86. The average Bonchev–Trinajstić information content (AvgIpc) is 2.23. The molecule has 0 aliphatic carbocycles. The van der Waals surface area contributed by atoms with E-state index >= 15 is 0 Å². The molecule has 2 nitrogen and oxygen atoms in total. The molecule has 0 aromatic carbocycles. The van der Waals surface area contributed by atoms with Crippen LogP contribution in [0.25, 0.3) is 0 Å². The summed E-state index contributed by atoms with van der Waals surface area (Å²) in [5, 5.41) is 0. The third-order valence-electron chi connectivity index (χ3n) is 2.01. The molecule has 1 rings (SSSR count). The molecule has 80 valence electrons. The summed E-state index contributed by atoms with van der Waals surface area (Å²) >= 11 is 0. The Bertz CT molecular complexity index is 242. The Morgan fingerprint density at radius 1 is 1.21 bits per heavy atom. The fraction of sp³-hybridized carbons (Fsp3) is 0.583. The molecule has 2 heteroatoms. The maximum Gasteiger partial charge on any atom is 0.0399 e.